The Hall–Kier alpha value is -2.19. The normalized spacial score (nSPS) is 15.0. The minimum absolute atomic E-state index is 0.257. The molecule has 0 radical (unpaired) electrons. The number of thiazole rings is 1. The minimum Gasteiger partial charge on any atom is -0.241 e. The van der Waals surface area contributed by atoms with Gasteiger partial charge < -0.3 is 0 Å². The van der Waals surface area contributed by atoms with Crippen molar-refractivity contribution in [1.82, 2.24) is 4.98 Å². The van der Waals surface area contributed by atoms with Gasteiger partial charge in [-0.15, -0.1) is 17.9 Å². The summed E-state index contributed by atoms with van der Waals surface area (Å²) >= 11 is 1.86. The Kier molecular flexibility index (Phi) is 13.0. The van der Waals surface area contributed by atoms with Crippen molar-refractivity contribution in [1.29, 1.82) is 0 Å². The maximum Gasteiger partial charge on any atom is 0.0963 e. The molecule has 2 heteroatoms. The van der Waals surface area contributed by atoms with E-state index in [4.69, 9.17) is 4.98 Å². The average molecular weight is 532 g/mol. The Labute approximate surface area is 238 Å². The Morgan fingerprint density at radius 3 is 2.00 bits per heavy atom. The molecule has 0 fully saturated rings. The van der Waals surface area contributed by atoms with Gasteiger partial charge in [0.25, 0.3) is 0 Å². The van der Waals surface area contributed by atoms with E-state index in [1.165, 1.54) is 84.3 Å². The fourth-order valence-corrected chi connectivity index (χ4v) is 6.38. The van der Waals surface area contributed by atoms with E-state index in [9.17, 15) is 0 Å². The molecule has 0 saturated carbocycles. The fourth-order valence-electron chi connectivity index (χ4n) is 5.38. The number of allylic oxidation sites excluding steroid dienone is 1. The molecule has 1 aromatic heterocycles. The summed E-state index contributed by atoms with van der Waals surface area (Å²) in [6.45, 7) is 21.6. The molecule has 38 heavy (non-hydrogen) atoms. The molecule has 0 atom stereocenters. The zero-order chi connectivity index (χ0) is 28.2. The van der Waals surface area contributed by atoms with E-state index in [0.717, 1.165) is 0 Å². The number of hydrogen-bond acceptors (Lipinski definition) is 2. The van der Waals surface area contributed by atoms with Crippen molar-refractivity contribution >= 4 is 11.3 Å². The molecule has 1 heterocycles. The van der Waals surface area contributed by atoms with Crippen LogP contribution in [0.1, 0.15) is 128 Å². The monoisotopic (exact) mass is 531 g/mol. The molecule has 2 aromatic carbocycles. The van der Waals surface area contributed by atoms with Crippen LogP contribution < -0.4 is 0 Å². The number of hydrogen-bond donors (Lipinski definition) is 0. The lowest BCUT2D eigenvalue weighted by Gasteiger charge is -2.42. The second-order valence-corrected chi connectivity index (χ2v) is 12.9. The molecule has 0 spiro atoms. The number of rotatable bonds is 8. The standard InChI is InChI=1S/C24H35NS.C9H12.C3H6/c1-7-9-17(10-8-2)22-25-21(16-26-22)18-11-12-19-20(15-18)24(5,6)14-13-23(19,3)4;1-2-6-9-7-4-3-5-8-9;1-3-2/h11-12,15-17H,7-10,13-14H2,1-6H3;3-5,7-8H,2,6H2,1H3;3H,1H2,2H3. The number of nitrogens with zero attached hydrogens (tertiary/aromatic N) is 1. The smallest absolute Gasteiger partial charge is 0.0963 e. The van der Waals surface area contributed by atoms with Gasteiger partial charge in [0.05, 0.1) is 10.7 Å². The first-order valence-corrected chi connectivity index (χ1v) is 15.7. The molecule has 0 saturated heterocycles. The number of aromatic nitrogens is 1. The van der Waals surface area contributed by atoms with Gasteiger partial charge in [0.15, 0.2) is 0 Å². The Morgan fingerprint density at radius 2 is 1.45 bits per heavy atom. The van der Waals surface area contributed by atoms with Gasteiger partial charge in [-0.05, 0) is 72.6 Å². The molecule has 4 rings (SSSR count). The molecule has 0 aliphatic heterocycles. The summed E-state index contributed by atoms with van der Waals surface area (Å²) in [5.41, 5.74) is 7.51. The summed E-state index contributed by atoms with van der Waals surface area (Å²) in [6.07, 6.45) is 11.7. The van der Waals surface area contributed by atoms with Crippen LogP contribution in [-0.4, -0.2) is 4.98 Å². The largest absolute Gasteiger partial charge is 0.241 e. The molecule has 1 aliphatic carbocycles. The van der Waals surface area contributed by atoms with Gasteiger partial charge in [-0.2, -0.15) is 0 Å². The van der Waals surface area contributed by atoms with Gasteiger partial charge in [-0.3, -0.25) is 0 Å². The molecule has 1 aliphatic rings. The summed E-state index contributed by atoms with van der Waals surface area (Å²) in [5, 5.41) is 3.61. The second kappa shape index (κ2) is 15.4. The fraction of sp³-hybridized carbons (Fsp3) is 0.528. The maximum absolute atomic E-state index is 5.07. The molecular weight excluding hydrogens is 478 g/mol. The minimum atomic E-state index is 0.257. The van der Waals surface area contributed by atoms with Crippen LogP contribution >= 0.6 is 11.3 Å². The van der Waals surface area contributed by atoms with Crippen molar-refractivity contribution in [2.75, 3.05) is 0 Å². The Balaban J connectivity index is 0.000000351. The SMILES string of the molecule is C=CC.CCCC(CCC)c1nc(-c2ccc3c(c2)C(C)(C)CCC3(C)C)cs1.CCCc1ccccc1. The maximum atomic E-state index is 5.07. The highest BCUT2D eigenvalue weighted by Crippen LogP contribution is 2.47. The van der Waals surface area contributed by atoms with Crippen LogP contribution in [0.25, 0.3) is 11.3 Å². The summed E-state index contributed by atoms with van der Waals surface area (Å²) in [7, 11) is 0. The van der Waals surface area contributed by atoms with Crippen LogP contribution in [0, 0.1) is 0 Å². The van der Waals surface area contributed by atoms with Crippen molar-refractivity contribution in [2.45, 2.75) is 124 Å². The van der Waals surface area contributed by atoms with Gasteiger partial charge in [-0.1, -0.05) is 116 Å². The van der Waals surface area contributed by atoms with Crippen LogP contribution in [0.5, 0.6) is 0 Å². The van der Waals surface area contributed by atoms with Crippen molar-refractivity contribution < 1.29 is 0 Å². The number of fused-ring (bicyclic) bond motifs is 1. The highest BCUT2D eigenvalue weighted by molar-refractivity contribution is 7.10. The van der Waals surface area contributed by atoms with Crippen LogP contribution in [-0.2, 0) is 17.3 Å². The lowest BCUT2D eigenvalue weighted by atomic mass is 9.63. The van der Waals surface area contributed by atoms with Gasteiger partial charge in [-0.25, -0.2) is 4.98 Å². The van der Waals surface area contributed by atoms with Gasteiger partial charge in [0.1, 0.15) is 0 Å². The summed E-state index contributed by atoms with van der Waals surface area (Å²) in [6, 6.07) is 17.7. The Bertz CT molecular complexity index is 1080. The molecule has 3 aromatic rings. The highest BCUT2D eigenvalue weighted by Gasteiger charge is 2.37. The molecular formula is C36H53NS. The van der Waals surface area contributed by atoms with E-state index in [1.54, 1.807) is 6.08 Å². The predicted molar refractivity (Wildman–Crippen MR) is 172 cm³/mol. The molecule has 1 nitrogen and oxygen atoms in total. The van der Waals surface area contributed by atoms with Crippen LogP contribution in [0.15, 0.2) is 66.6 Å². The molecule has 0 unspecified atom stereocenters. The van der Waals surface area contributed by atoms with Crippen LogP contribution in [0.3, 0.4) is 0 Å². The van der Waals surface area contributed by atoms with Crippen molar-refractivity contribution in [3.63, 3.8) is 0 Å². The van der Waals surface area contributed by atoms with E-state index in [-0.39, 0.29) is 10.8 Å². The topological polar surface area (TPSA) is 12.9 Å². The highest BCUT2D eigenvalue weighted by atomic mass is 32.1. The number of benzene rings is 2. The van der Waals surface area contributed by atoms with Crippen molar-refractivity contribution in [3.05, 3.63) is 88.3 Å². The molecule has 208 valence electrons. The van der Waals surface area contributed by atoms with Crippen LogP contribution in [0.4, 0.5) is 0 Å². The summed E-state index contributed by atoms with van der Waals surface area (Å²) < 4.78 is 0. The van der Waals surface area contributed by atoms with Gasteiger partial charge >= 0.3 is 0 Å². The van der Waals surface area contributed by atoms with E-state index >= 15 is 0 Å². The average Bonchev–Trinajstić information content (AvgIpc) is 3.39. The van der Waals surface area contributed by atoms with E-state index in [0.29, 0.717) is 5.92 Å². The van der Waals surface area contributed by atoms with Gasteiger partial charge in [0.2, 0.25) is 0 Å². The quantitative estimate of drug-likeness (QED) is 0.263. The predicted octanol–water partition coefficient (Wildman–Crippen LogP) is 11.7. The molecule has 0 N–H and O–H groups in total. The first-order valence-electron chi connectivity index (χ1n) is 14.8. The second-order valence-electron chi connectivity index (χ2n) is 12.0. The third-order valence-corrected chi connectivity index (χ3v) is 8.68. The zero-order valence-corrected chi connectivity index (χ0v) is 26.4. The van der Waals surface area contributed by atoms with Crippen molar-refractivity contribution in [2.24, 2.45) is 0 Å². The molecule has 0 amide bonds. The van der Waals surface area contributed by atoms with E-state index < -0.39 is 0 Å². The van der Waals surface area contributed by atoms with Gasteiger partial charge in [0, 0.05) is 16.9 Å². The first kappa shape index (κ1) is 32.0. The third-order valence-electron chi connectivity index (χ3n) is 7.68. The van der Waals surface area contributed by atoms with Crippen molar-refractivity contribution in [3.8, 4) is 11.3 Å². The zero-order valence-electron chi connectivity index (χ0n) is 25.6. The van der Waals surface area contributed by atoms with Crippen LogP contribution in [0.2, 0.25) is 0 Å². The summed E-state index contributed by atoms with van der Waals surface area (Å²) in [4.78, 5) is 5.07. The lowest BCUT2D eigenvalue weighted by molar-refractivity contribution is 0.332. The first-order chi connectivity index (χ1) is 18.1. The number of aryl methyl sites for hydroxylation is 1. The molecule has 0 bridgehead atoms. The lowest BCUT2D eigenvalue weighted by Crippen LogP contribution is -2.33. The Morgan fingerprint density at radius 1 is 0.868 bits per heavy atom. The third kappa shape index (κ3) is 8.94. The van der Waals surface area contributed by atoms with E-state index in [1.807, 2.05) is 18.3 Å². The van der Waals surface area contributed by atoms with E-state index in [2.05, 4.69) is 109 Å². The summed E-state index contributed by atoms with van der Waals surface area (Å²) in [5.74, 6) is 0.636.